The van der Waals surface area contributed by atoms with Gasteiger partial charge in [-0.1, -0.05) is 30.3 Å². The molecule has 0 radical (unpaired) electrons. The lowest BCUT2D eigenvalue weighted by Crippen LogP contribution is -2.50. The van der Waals surface area contributed by atoms with Crippen LogP contribution in [0.25, 0.3) is 0 Å². The lowest BCUT2D eigenvalue weighted by atomic mass is 9.95. The van der Waals surface area contributed by atoms with Crippen molar-refractivity contribution >= 4 is 17.6 Å². The van der Waals surface area contributed by atoms with E-state index in [9.17, 15) is 9.59 Å². The summed E-state index contributed by atoms with van der Waals surface area (Å²) in [6, 6.07) is 11.6. The topological polar surface area (TPSA) is 109 Å². The fourth-order valence-electron chi connectivity index (χ4n) is 4.40. The maximum Gasteiger partial charge on any atom is 0.242 e. The Morgan fingerprint density at radius 2 is 2.06 bits per heavy atom. The molecular weight excluding hydrogens is 402 g/mol. The van der Waals surface area contributed by atoms with Gasteiger partial charge in [0.2, 0.25) is 11.8 Å². The van der Waals surface area contributed by atoms with Gasteiger partial charge in [0, 0.05) is 12.2 Å². The minimum absolute atomic E-state index is 0.118. The first-order valence-electron chi connectivity index (χ1n) is 11.5. The predicted molar refractivity (Wildman–Crippen MR) is 125 cm³/mol. The van der Waals surface area contributed by atoms with Gasteiger partial charge < -0.3 is 21.7 Å². The Hall–Kier alpha value is -2.93. The van der Waals surface area contributed by atoms with Crippen molar-refractivity contribution < 1.29 is 9.59 Å². The van der Waals surface area contributed by atoms with Crippen molar-refractivity contribution in [2.24, 2.45) is 5.92 Å². The summed E-state index contributed by atoms with van der Waals surface area (Å²) >= 11 is 0. The van der Waals surface area contributed by atoms with Crippen molar-refractivity contribution in [3.8, 4) is 0 Å². The van der Waals surface area contributed by atoms with E-state index in [0.29, 0.717) is 18.3 Å². The van der Waals surface area contributed by atoms with Crippen LogP contribution < -0.4 is 21.7 Å². The van der Waals surface area contributed by atoms with Crippen LogP contribution in [0.1, 0.15) is 54.5 Å². The van der Waals surface area contributed by atoms with Gasteiger partial charge in [0.05, 0.1) is 6.04 Å². The maximum atomic E-state index is 12.7. The molecule has 170 valence electrons. The van der Waals surface area contributed by atoms with Crippen LogP contribution in [0.2, 0.25) is 0 Å². The molecule has 2 aromatic rings. The second-order valence-electron chi connectivity index (χ2n) is 9.21. The number of anilines is 1. The number of nitrogens with two attached hydrogens (primary N) is 1. The highest BCUT2D eigenvalue weighted by molar-refractivity contribution is 5.89. The predicted octanol–water partition coefficient (Wildman–Crippen LogP) is 2.19. The Labute approximate surface area is 189 Å². The number of nitrogens with one attached hydrogen (secondary N) is 3. The summed E-state index contributed by atoms with van der Waals surface area (Å²) < 4.78 is 0. The molecule has 1 aromatic carbocycles. The molecule has 1 aliphatic heterocycles. The number of pyridine rings is 1. The van der Waals surface area contributed by atoms with E-state index in [0.717, 1.165) is 36.6 Å². The molecule has 1 aromatic heterocycles. The van der Waals surface area contributed by atoms with Crippen LogP contribution >= 0.6 is 0 Å². The molecule has 2 fully saturated rings. The lowest BCUT2D eigenvalue weighted by molar-refractivity contribution is -0.129. The Morgan fingerprint density at radius 1 is 1.25 bits per heavy atom. The van der Waals surface area contributed by atoms with E-state index < -0.39 is 6.04 Å². The number of amides is 2. The molecule has 0 spiro atoms. The third-order valence-electron chi connectivity index (χ3n) is 6.48. The smallest absolute Gasteiger partial charge is 0.242 e. The average Bonchev–Trinajstić information content (AvgIpc) is 3.52. The highest BCUT2D eigenvalue weighted by Crippen LogP contribution is 2.40. The van der Waals surface area contributed by atoms with Gasteiger partial charge in [-0.15, -0.1) is 0 Å². The SMILES string of the molecule is Cc1nc(N)ccc1CNC(=O)C(C)NC(=O)[C@H]1C[C@H](Cc2cccc(C3CC3)c2)CN1. The summed E-state index contributed by atoms with van der Waals surface area (Å²) in [6.07, 6.45) is 4.37. The molecule has 1 saturated carbocycles. The van der Waals surface area contributed by atoms with Crippen molar-refractivity contribution in [1.29, 1.82) is 0 Å². The average molecular weight is 436 g/mol. The molecule has 2 aliphatic rings. The minimum Gasteiger partial charge on any atom is -0.384 e. The van der Waals surface area contributed by atoms with Crippen LogP contribution in [0.5, 0.6) is 0 Å². The zero-order valence-corrected chi connectivity index (χ0v) is 18.9. The lowest BCUT2D eigenvalue weighted by Gasteiger charge is -2.17. The first kappa shape index (κ1) is 22.3. The number of carbonyl (C=O) groups is 2. The Bertz CT molecular complexity index is 988. The molecule has 1 saturated heterocycles. The molecule has 4 rings (SSSR count). The maximum absolute atomic E-state index is 12.7. The van der Waals surface area contributed by atoms with E-state index in [1.807, 2.05) is 13.0 Å². The molecule has 7 heteroatoms. The van der Waals surface area contributed by atoms with Crippen molar-refractivity contribution in [2.75, 3.05) is 12.3 Å². The molecule has 1 unspecified atom stereocenters. The second kappa shape index (κ2) is 9.69. The summed E-state index contributed by atoms with van der Waals surface area (Å²) in [7, 11) is 0. The summed E-state index contributed by atoms with van der Waals surface area (Å²) in [4.78, 5) is 29.3. The Morgan fingerprint density at radius 3 is 2.81 bits per heavy atom. The number of carbonyl (C=O) groups excluding carboxylic acids is 2. The molecular formula is C25H33N5O2. The monoisotopic (exact) mass is 435 g/mol. The van der Waals surface area contributed by atoms with Crippen LogP contribution in [0.15, 0.2) is 36.4 Å². The first-order valence-corrected chi connectivity index (χ1v) is 11.5. The standard InChI is InChI=1S/C25H33N5O2/c1-15-21(8-9-23(26)29-15)14-28-24(31)16(2)30-25(32)22-12-18(13-27-22)10-17-4-3-5-20(11-17)19-6-7-19/h3-5,8-9,11,16,18-19,22,27H,6-7,10,12-14H2,1-2H3,(H2,26,29)(H,28,31)(H,30,32)/t16?,18-,22+/m0/s1. The molecule has 2 amide bonds. The van der Waals surface area contributed by atoms with Crippen LogP contribution in [0, 0.1) is 12.8 Å². The van der Waals surface area contributed by atoms with Gasteiger partial charge in [-0.05, 0) is 80.7 Å². The van der Waals surface area contributed by atoms with Crippen molar-refractivity contribution in [1.82, 2.24) is 20.9 Å². The van der Waals surface area contributed by atoms with Gasteiger partial charge >= 0.3 is 0 Å². The third-order valence-corrected chi connectivity index (χ3v) is 6.48. The summed E-state index contributed by atoms with van der Waals surface area (Å²) in [6.45, 7) is 4.72. The minimum atomic E-state index is -0.611. The number of aryl methyl sites for hydroxylation is 1. The summed E-state index contributed by atoms with van der Waals surface area (Å²) in [5.41, 5.74) is 10.2. The van der Waals surface area contributed by atoms with Gasteiger partial charge in [0.1, 0.15) is 11.9 Å². The molecule has 1 aliphatic carbocycles. The molecule has 5 N–H and O–H groups in total. The number of nitrogens with zero attached hydrogens (tertiary/aromatic N) is 1. The number of aromatic nitrogens is 1. The molecule has 7 nitrogen and oxygen atoms in total. The van der Waals surface area contributed by atoms with Gasteiger partial charge in [-0.3, -0.25) is 9.59 Å². The molecule has 32 heavy (non-hydrogen) atoms. The van der Waals surface area contributed by atoms with Crippen LogP contribution in [-0.2, 0) is 22.6 Å². The van der Waals surface area contributed by atoms with E-state index in [-0.39, 0.29) is 17.9 Å². The van der Waals surface area contributed by atoms with E-state index in [1.165, 1.54) is 24.0 Å². The number of rotatable bonds is 8. The number of hydrogen-bond acceptors (Lipinski definition) is 5. The van der Waals surface area contributed by atoms with Gasteiger partial charge in [0.15, 0.2) is 0 Å². The van der Waals surface area contributed by atoms with Crippen molar-refractivity contribution in [3.63, 3.8) is 0 Å². The van der Waals surface area contributed by atoms with E-state index in [4.69, 9.17) is 5.73 Å². The highest BCUT2D eigenvalue weighted by atomic mass is 16.2. The largest absolute Gasteiger partial charge is 0.384 e. The quantitative estimate of drug-likeness (QED) is 0.508. The Kier molecular flexibility index (Phi) is 6.74. The third kappa shape index (κ3) is 5.65. The second-order valence-corrected chi connectivity index (χ2v) is 9.21. The van der Waals surface area contributed by atoms with Crippen LogP contribution in [0.4, 0.5) is 5.82 Å². The van der Waals surface area contributed by atoms with E-state index >= 15 is 0 Å². The molecule has 0 bridgehead atoms. The van der Waals surface area contributed by atoms with E-state index in [2.05, 4.69) is 45.2 Å². The summed E-state index contributed by atoms with van der Waals surface area (Å²) in [5.74, 6) is 1.29. The molecule has 2 heterocycles. The van der Waals surface area contributed by atoms with Gasteiger partial charge in [0.25, 0.3) is 0 Å². The number of benzene rings is 1. The highest BCUT2D eigenvalue weighted by Gasteiger charge is 2.31. The number of nitrogen functional groups attached to an aromatic ring is 1. The van der Waals surface area contributed by atoms with Crippen LogP contribution in [-0.4, -0.2) is 35.4 Å². The normalized spacial score (nSPS) is 21.2. The zero-order chi connectivity index (χ0) is 22.7. The van der Waals surface area contributed by atoms with E-state index in [1.54, 1.807) is 13.0 Å². The van der Waals surface area contributed by atoms with Crippen molar-refractivity contribution in [2.45, 2.75) is 64.1 Å². The fraction of sp³-hybridized carbons (Fsp3) is 0.480. The zero-order valence-electron chi connectivity index (χ0n) is 18.9. The van der Waals surface area contributed by atoms with Gasteiger partial charge in [-0.2, -0.15) is 0 Å². The number of hydrogen-bond donors (Lipinski definition) is 4. The fourth-order valence-corrected chi connectivity index (χ4v) is 4.40. The van der Waals surface area contributed by atoms with Crippen LogP contribution in [0.3, 0.4) is 0 Å². The Balaban J connectivity index is 1.22. The van der Waals surface area contributed by atoms with Gasteiger partial charge in [-0.25, -0.2) is 4.98 Å². The first-order chi connectivity index (χ1) is 15.4. The van der Waals surface area contributed by atoms with Crippen molar-refractivity contribution in [3.05, 3.63) is 58.8 Å². The summed E-state index contributed by atoms with van der Waals surface area (Å²) in [5, 5.41) is 9.04. The molecule has 3 atom stereocenters.